The zero-order valence-corrected chi connectivity index (χ0v) is 14.3. The molecule has 1 aliphatic heterocycles. The monoisotopic (exact) mass is 354 g/mol. The largest absolute Gasteiger partial charge is 0.466 e. The molecule has 7 nitrogen and oxygen atoms in total. The minimum atomic E-state index is -2.27. The molecule has 0 radical (unpaired) electrons. The number of esters is 2. The minimum Gasteiger partial charge on any atom is -0.466 e. The van der Waals surface area contributed by atoms with Crippen molar-refractivity contribution in [3.05, 3.63) is 66.2 Å². The third-order valence-corrected chi connectivity index (χ3v) is 4.33. The maximum Gasteiger partial charge on any atom is 0.353 e. The van der Waals surface area contributed by atoms with E-state index in [0.717, 1.165) is 14.2 Å². The molecule has 1 saturated heterocycles. The van der Waals surface area contributed by atoms with E-state index in [1.165, 1.54) is 4.90 Å². The number of benzene rings is 2. The number of nitrogens with one attached hydrogen (secondary N) is 1. The van der Waals surface area contributed by atoms with E-state index in [-0.39, 0.29) is 0 Å². The molecule has 2 aromatic rings. The quantitative estimate of drug-likeness (QED) is 0.660. The molecule has 2 aromatic carbocycles. The van der Waals surface area contributed by atoms with Gasteiger partial charge in [-0.05, 0) is 17.7 Å². The summed E-state index contributed by atoms with van der Waals surface area (Å²) in [5.74, 6) is -2.82. The minimum absolute atomic E-state index is 0.496. The van der Waals surface area contributed by atoms with Gasteiger partial charge in [-0.1, -0.05) is 48.5 Å². The highest BCUT2D eigenvalue weighted by molar-refractivity contribution is 6.29. The number of para-hydroxylation sites is 1. The molecular weight excluding hydrogens is 336 g/mol. The maximum absolute atomic E-state index is 12.9. The van der Waals surface area contributed by atoms with Gasteiger partial charge in [0, 0.05) is 5.69 Å². The number of carbonyl (C=O) groups is 3. The summed E-state index contributed by atoms with van der Waals surface area (Å²) in [5.41, 5.74) is -1.07. The number of amides is 1. The maximum atomic E-state index is 12.9. The Labute approximate surface area is 150 Å². The number of anilines is 1. The summed E-state index contributed by atoms with van der Waals surface area (Å²) in [4.78, 5) is 39.7. The van der Waals surface area contributed by atoms with E-state index < -0.39 is 29.6 Å². The highest BCUT2D eigenvalue weighted by atomic mass is 16.5. The van der Waals surface area contributed by atoms with Crippen molar-refractivity contribution in [1.82, 2.24) is 5.32 Å². The summed E-state index contributed by atoms with van der Waals surface area (Å²) >= 11 is 0. The molecule has 1 heterocycles. The fraction of sp³-hybridized carbons (Fsp3) is 0.211. The molecular formula is C19H18N2O5. The number of rotatable bonds is 4. The smallest absolute Gasteiger partial charge is 0.353 e. The van der Waals surface area contributed by atoms with Gasteiger partial charge < -0.3 is 19.7 Å². The first-order valence-corrected chi connectivity index (χ1v) is 7.94. The first kappa shape index (κ1) is 17.5. The predicted octanol–water partition coefficient (Wildman–Crippen LogP) is 1.41. The summed E-state index contributed by atoms with van der Waals surface area (Å²) < 4.78 is 9.65. The third kappa shape index (κ3) is 2.48. The van der Waals surface area contributed by atoms with Crippen LogP contribution in [0.4, 0.5) is 5.69 Å². The summed E-state index contributed by atoms with van der Waals surface area (Å²) in [5, 5.41) is 2.73. The molecule has 0 spiro atoms. The second-order valence-corrected chi connectivity index (χ2v) is 5.69. The standard InChI is InChI=1S/C19H18N2O5/c1-25-17(23)19(18(24)26-2)16(22)20-15(13-9-5-3-6-10-13)21(19)14-11-7-4-8-12-14/h3-12,15H,1-2H3,(H,20,22). The molecule has 134 valence electrons. The van der Waals surface area contributed by atoms with Crippen LogP contribution in [0.25, 0.3) is 0 Å². The van der Waals surface area contributed by atoms with E-state index in [2.05, 4.69) is 5.32 Å². The van der Waals surface area contributed by atoms with Crippen molar-refractivity contribution in [2.45, 2.75) is 11.7 Å². The van der Waals surface area contributed by atoms with E-state index >= 15 is 0 Å². The SMILES string of the molecule is COC(=O)C1(C(=O)OC)C(=O)NC(c2ccccc2)N1c1ccccc1. The summed E-state index contributed by atoms with van der Waals surface area (Å²) in [6, 6.07) is 17.7. The van der Waals surface area contributed by atoms with Crippen molar-refractivity contribution in [2.75, 3.05) is 19.1 Å². The molecule has 3 rings (SSSR count). The Morgan fingerprint density at radius 3 is 1.92 bits per heavy atom. The fourth-order valence-electron chi connectivity index (χ4n) is 3.16. The van der Waals surface area contributed by atoms with Gasteiger partial charge in [-0.3, -0.25) is 4.79 Å². The van der Waals surface area contributed by atoms with Crippen molar-refractivity contribution >= 4 is 23.5 Å². The molecule has 1 N–H and O–H groups in total. The number of methoxy groups -OCH3 is 2. The Hall–Kier alpha value is -3.35. The van der Waals surface area contributed by atoms with Crippen LogP contribution in [-0.2, 0) is 23.9 Å². The zero-order valence-electron chi connectivity index (χ0n) is 14.3. The lowest BCUT2D eigenvalue weighted by Crippen LogP contribution is -2.62. The number of carbonyl (C=O) groups excluding carboxylic acids is 3. The molecule has 26 heavy (non-hydrogen) atoms. The van der Waals surface area contributed by atoms with Crippen LogP contribution in [-0.4, -0.2) is 37.6 Å². The second kappa shape index (κ2) is 6.87. The van der Waals surface area contributed by atoms with Crippen molar-refractivity contribution in [2.24, 2.45) is 0 Å². The summed E-state index contributed by atoms with van der Waals surface area (Å²) in [6.07, 6.45) is -0.746. The van der Waals surface area contributed by atoms with Gasteiger partial charge in [0.25, 0.3) is 5.91 Å². The fourth-order valence-corrected chi connectivity index (χ4v) is 3.16. The van der Waals surface area contributed by atoms with Gasteiger partial charge in [0.15, 0.2) is 0 Å². The van der Waals surface area contributed by atoms with Crippen molar-refractivity contribution in [3.63, 3.8) is 0 Å². The molecule has 1 fully saturated rings. The number of hydrogen-bond acceptors (Lipinski definition) is 6. The van der Waals surface area contributed by atoms with E-state index in [9.17, 15) is 14.4 Å². The number of ether oxygens (including phenoxy) is 2. The molecule has 7 heteroatoms. The molecule has 0 aliphatic carbocycles. The topological polar surface area (TPSA) is 84.9 Å². The summed E-state index contributed by atoms with van der Waals surface area (Å²) in [6.45, 7) is 0. The van der Waals surface area contributed by atoms with Crippen LogP contribution in [0.15, 0.2) is 60.7 Å². The van der Waals surface area contributed by atoms with Crippen molar-refractivity contribution in [3.8, 4) is 0 Å². The highest BCUT2D eigenvalue weighted by Gasteiger charge is 2.66. The Bertz CT molecular complexity index is 806. The Morgan fingerprint density at radius 1 is 0.923 bits per heavy atom. The average Bonchev–Trinajstić information content (AvgIpc) is 3.02. The molecule has 1 amide bonds. The van der Waals surface area contributed by atoms with Gasteiger partial charge in [-0.25, -0.2) is 9.59 Å². The van der Waals surface area contributed by atoms with Gasteiger partial charge in [0.1, 0.15) is 6.17 Å². The third-order valence-electron chi connectivity index (χ3n) is 4.33. The van der Waals surface area contributed by atoms with Crippen LogP contribution in [0, 0.1) is 0 Å². The van der Waals surface area contributed by atoms with E-state index in [1.807, 2.05) is 6.07 Å². The van der Waals surface area contributed by atoms with Crippen LogP contribution in [0.1, 0.15) is 11.7 Å². The second-order valence-electron chi connectivity index (χ2n) is 5.69. The lowest BCUT2D eigenvalue weighted by molar-refractivity contribution is -0.163. The van der Waals surface area contributed by atoms with Crippen LogP contribution in [0.5, 0.6) is 0 Å². The average molecular weight is 354 g/mol. The Morgan fingerprint density at radius 2 is 1.42 bits per heavy atom. The van der Waals surface area contributed by atoms with E-state index in [1.54, 1.807) is 54.6 Å². The lowest BCUT2D eigenvalue weighted by atomic mass is 9.96. The molecule has 1 atom stereocenters. The van der Waals surface area contributed by atoms with Gasteiger partial charge >= 0.3 is 17.5 Å². The molecule has 1 unspecified atom stereocenters. The Balaban J connectivity index is 2.26. The first-order chi connectivity index (χ1) is 12.6. The van der Waals surface area contributed by atoms with Gasteiger partial charge in [-0.15, -0.1) is 0 Å². The normalized spacial score (nSPS) is 18.2. The molecule has 0 bridgehead atoms. The van der Waals surface area contributed by atoms with E-state index in [4.69, 9.17) is 9.47 Å². The molecule has 0 aromatic heterocycles. The highest BCUT2D eigenvalue weighted by Crippen LogP contribution is 2.39. The number of hydrogen-bond donors (Lipinski definition) is 1. The van der Waals surface area contributed by atoms with Crippen molar-refractivity contribution < 1.29 is 23.9 Å². The van der Waals surface area contributed by atoms with Gasteiger partial charge in [-0.2, -0.15) is 0 Å². The predicted molar refractivity (Wildman–Crippen MR) is 93.0 cm³/mol. The molecule has 1 aliphatic rings. The summed E-state index contributed by atoms with van der Waals surface area (Å²) in [7, 11) is 2.25. The zero-order chi connectivity index (χ0) is 18.7. The van der Waals surface area contributed by atoms with Gasteiger partial charge in [0.05, 0.1) is 14.2 Å². The number of nitrogens with zero attached hydrogens (tertiary/aromatic N) is 1. The van der Waals surface area contributed by atoms with Crippen LogP contribution >= 0.6 is 0 Å². The van der Waals surface area contributed by atoms with E-state index in [0.29, 0.717) is 11.3 Å². The first-order valence-electron chi connectivity index (χ1n) is 7.94. The van der Waals surface area contributed by atoms with Crippen molar-refractivity contribution in [1.29, 1.82) is 0 Å². The van der Waals surface area contributed by atoms with Crippen LogP contribution in [0.2, 0.25) is 0 Å². The van der Waals surface area contributed by atoms with Gasteiger partial charge in [0.2, 0.25) is 0 Å². The Kier molecular flexibility index (Phi) is 4.62. The molecule has 0 saturated carbocycles. The lowest BCUT2D eigenvalue weighted by Gasteiger charge is -2.35. The van der Waals surface area contributed by atoms with Crippen LogP contribution in [0.3, 0.4) is 0 Å². The van der Waals surface area contributed by atoms with Crippen LogP contribution < -0.4 is 10.2 Å².